The number of nitrogen functional groups attached to an aromatic ring is 2. The number of hydrogen-bond donors (Lipinski definition) is 2. The van der Waals surface area contributed by atoms with Crippen molar-refractivity contribution < 1.29 is 0 Å². The van der Waals surface area contributed by atoms with Gasteiger partial charge in [-0.2, -0.15) is 9.97 Å². The topological polar surface area (TPSA) is 104 Å². The highest BCUT2D eigenvalue weighted by molar-refractivity contribution is 5.82. The van der Waals surface area contributed by atoms with Gasteiger partial charge in [0, 0.05) is 5.92 Å². The zero-order valence-corrected chi connectivity index (χ0v) is 12.5. The third-order valence-electron chi connectivity index (χ3n) is 3.79. The Morgan fingerprint density at radius 1 is 0.850 bits per heavy atom. The quantitative estimate of drug-likeness (QED) is 0.888. The van der Waals surface area contributed by atoms with Crippen LogP contribution in [0.15, 0.2) is 0 Å². The van der Waals surface area contributed by atoms with E-state index in [-0.39, 0.29) is 5.95 Å². The van der Waals surface area contributed by atoms with E-state index in [4.69, 9.17) is 11.5 Å². The molecule has 0 aliphatic heterocycles. The van der Waals surface area contributed by atoms with Gasteiger partial charge in [-0.05, 0) is 18.8 Å². The number of nitrogens with zero attached hydrogens (tertiary/aromatic N) is 4. The summed E-state index contributed by atoms with van der Waals surface area (Å²) in [5.41, 5.74) is 14.5. The van der Waals surface area contributed by atoms with Gasteiger partial charge < -0.3 is 11.5 Å². The van der Waals surface area contributed by atoms with Gasteiger partial charge in [0.1, 0.15) is 0 Å². The molecular formula is C14H22N6. The van der Waals surface area contributed by atoms with Crippen molar-refractivity contribution in [3.63, 3.8) is 0 Å². The number of anilines is 2. The lowest BCUT2D eigenvalue weighted by molar-refractivity contribution is 0.641. The molecule has 0 aromatic carbocycles. The minimum Gasteiger partial charge on any atom is -0.382 e. The zero-order valence-electron chi connectivity index (χ0n) is 12.5. The summed E-state index contributed by atoms with van der Waals surface area (Å²) >= 11 is 0. The molecule has 0 saturated carbocycles. The molecular weight excluding hydrogens is 252 g/mol. The van der Waals surface area contributed by atoms with Gasteiger partial charge in [0.15, 0.2) is 17.0 Å². The summed E-state index contributed by atoms with van der Waals surface area (Å²) in [6.07, 6.45) is 2.00. The van der Waals surface area contributed by atoms with Crippen LogP contribution in [0.5, 0.6) is 0 Å². The van der Waals surface area contributed by atoms with Gasteiger partial charge in [-0.3, -0.25) is 0 Å². The molecule has 4 N–H and O–H groups in total. The molecule has 0 amide bonds. The first kappa shape index (κ1) is 14.4. The molecule has 0 radical (unpaired) electrons. The fourth-order valence-electron chi connectivity index (χ4n) is 2.12. The maximum Gasteiger partial charge on any atom is 0.224 e. The summed E-state index contributed by atoms with van der Waals surface area (Å²) in [4.78, 5) is 17.5. The molecule has 0 spiro atoms. The van der Waals surface area contributed by atoms with Crippen LogP contribution in [0.25, 0.3) is 11.2 Å². The Bertz CT molecular complexity index is 625. The Labute approximate surface area is 119 Å². The Hall–Kier alpha value is -1.98. The second-order valence-electron chi connectivity index (χ2n) is 5.25. The summed E-state index contributed by atoms with van der Waals surface area (Å²) in [5.74, 6) is 1.08. The van der Waals surface area contributed by atoms with Crippen LogP contribution >= 0.6 is 0 Å². The van der Waals surface area contributed by atoms with Crippen LogP contribution in [0.1, 0.15) is 63.8 Å². The van der Waals surface area contributed by atoms with Crippen LogP contribution in [0.4, 0.5) is 11.8 Å². The largest absolute Gasteiger partial charge is 0.382 e. The molecule has 0 aliphatic carbocycles. The summed E-state index contributed by atoms with van der Waals surface area (Å²) < 4.78 is 0. The van der Waals surface area contributed by atoms with E-state index >= 15 is 0 Å². The minimum absolute atomic E-state index is 0.135. The average molecular weight is 274 g/mol. The standard InChI is InChI=1S/C14H22N6/c1-5-7(3)9-10(8(4)6-2)18-13-11(17-9)12(15)19-14(16)20-13/h7-8H,5-6H2,1-4H3,(H4,15,16,18,19,20). The van der Waals surface area contributed by atoms with E-state index in [1.54, 1.807) is 0 Å². The molecule has 0 fully saturated rings. The average Bonchev–Trinajstić information content (AvgIpc) is 2.44. The predicted octanol–water partition coefficient (Wildman–Crippen LogP) is 2.61. The molecule has 20 heavy (non-hydrogen) atoms. The molecule has 6 heteroatoms. The van der Waals surface area contributed by atoms with E-state index in [1.165, 1.54) is 0 Å². The summed E-state index contributed by atoms with van der Waals surface area (Å²) in [7, 11) is 0. The summed E-state index contributed by atoms with van der Waals surface area (Å²) in [6.45, 7) is 8.57. The molecule has 2 heterocycles. The third kappa shape index (κ3) is 2.50. The lowest BCUT2D eigenvalue weighted by Crippen LogP contribution is -2.11. The first-order chi connectivity index (χ1) is 9.47. The monoisotopic (exact) mass is 274 g/mol. The molecule has 6 nitrogen and oxygen atoms in total. The number of nitrogens with two attached hydrogens (primary N) is 2. The second kappa shape index (κ2) is 5.56. The number of aromatic nitrogens is 4. The SMILES string of the molecule is CCC(C)c1nc2nc(N)nc(N)c2nc1C(C)CC. The van der Waals surface area contributed by atoms with Crippen LogP contribution in [0.3, 0.4) is 0 Å². The van der Waals surface area contributed by atoms with Crippen LogP contribution < -0.4 is 11.5 Å². The fourth-order valence-corrected chi connectivity index (χ4v) is 2.12. The van der Waals surface area contributed by atoms with Gasteiger partial charge in [0.05, 0.1) is 11.4 Å². The highest BCUT2D eigenvalue weighted by atomic mass is 15.1. The van der Waals surface area contributed by atoms with Crippen molar-refractivity contribution in [3.05, 3.63) is 11.4 Å². The van der Waals surface area contributed by atoms with Gasteiger partial charge in [-0.1, -0.05) is 27.7 Å². The molecule has 2 aromatic rings. The van der Waals surface area contributed by atoms with Crippen LogP contribution in [0, 0.1) is 0 Å². The maximum absolute atomic E-state index is 5.89. The normalized spacial score (nSPS) is 14.4. The first-order valence-corrected chi connectivity index (χ1v) is 7.08. The molecule has 0 bridgehead atoms. The van der Waals surface area contributed by atoms with E-state index < -0.39 is 0 Å². The molecule has 2 aromatic heterocycles. The summed E-state index contributed by atoms with van der Waals surface area (Å²) in [6, 6.07) is 0. The predicted molar refractivity (Wildman–Crippen MR) is 81.4 cm³/mol. The van der Waals surface area contributed by atoms with E-state index in [0.29, 0.717) is 28.8 Å². The molecule has 2 rings (SSSR count). The Morgan fingerprint density at radius 3 is 1.95 bits per heavy atom. The lowest BCUT2D eigenvalue weighted by atomic mass is 9.95. The molecule has 108 valence electrons. The summed E-state index contributed by atoms with van der Waals surface area (Å²) in [5, 5.41) is 0. The van der Waals surface area contributed by atoms with Crippen LogP contribution in [0.2, 0.25) is 0 Å². The van der Waals surface area contributed by atoms with Gasteiger partial charge in [0.2, 0.25) is 5.95 Å². The van der Waals surface area contributed by atoms with E-state index in [9.17, 15) is 0 Å². The van der Waals surface area contributed by atoms with E-state index in [2.05, 4.69) is 47.6 Å². The van der Waals surface area contributed by atoms with Crippen molar-refractivity contribution in [2.24, 2.45) is 0 Å². The van der Waals surface area contributed by atoms with Crippen molar-refractivity contribution >= 4 is 22.9 Å². The second-order valence-corrected chi connectivity index (χ2v) is 5.25. The van der Waals surface area contributed by atoms with Crippen molar-refractivity contribution in [2.75, 3.05) is 11.5 Å². The minimum atomic E-state index is 0.135. The van der Waals surface area contributed by atoms with Gasteiger partial charge in [-0.15, -0.1) is 0 Å². The van der Waals surface area contributed by atoms with Crippen molar-refractivity contribution in [3.8, 4) is 0 Å². The van der Waals surface area contributed by atoms with Crippen LogP contribution in [-0.2, 0) is 0 Å². The Balaban J connectivity index is 2.74. The molecule has 0 saturated heterocycles. The van der Waals surface area contributed by atoms with Gasteiger partial charge >= 0.3 is 0 Å². The van der Waals surface area contributed by atoms with E-state index in [1.807, 2.05) is 0 Å². The fraction of sp³-hybridized carbons (Fsp3) is 0.571. The van der Waals surface area contributed by atoms with Crippen molar-refractivity contribution in [1.82, 2.24) is 19.9 Å². The highest BCUT2D eigenvalue weighted by Gasteiger charge is 2.20. The zero-order chi connectivity index (χ0) is 14.9. The van der Waals surface area contributed by atoms with Gasteiger partial charge in [-0.25, -0.2) is 9.97 Å². The Morgan fingerprint density at radius 2 is 1.40 bits per heavy atom. The molecule has 2 atom stereocenters. The Kier molecular flexibility index (Phi) is 4.01. The van der Waals surface area contributed by atoms with E-state index in [0.717, 1.165) is 24.2 Å². The van der Waals surface area contributed by atoms with Gasteiger partial charge in [0.25, 0.3) is 0 Å². The molecule has 0 aliphatic rings. The first-order valence-electron chi connectivity index (χ1n) is 7.08. The number of rotatable bonds is 4. The molecule has 2 unspecified atom stereocenters. The van der Waals surface area contributed by atoms with Crippen molar-refractivity contribution in [2.45, 2.75) is 52.4 Å². The van der Waals surface area contributed by atoms with Crippen LogP contribution in [-0.4, -0.2) is 19.9 Å². The highest BCUT2D eigenvalue weighted by Crippen LogP contribution is 2.29. The smallest absolute Gasteiger partial charge is 0.224 e. The lowest BCUT2D eigenvalue weighted by Gasteiger charge is -2.18. The third-order valence-corrected chi connectivity index (χ3v) is 3.79. The maximum atomic E-state index is 5.89. The van der Waals surface area contributed by atoms with Crippen molar-refractivity contribution in [1.29, 1.82) is 0 Å². The number of hydrogen-bond acceptors (Lipinski definition) is 6. The number of fused-ring (bicyclic) bond motifs is 1.